The Hall–Kier alpha value is -0.610. The number of carbonyl (C=O) groups is 1. The fraction of sp³-hybridized carbons (Fsp3) is 0.923. The summed E-state index contributed by atoms with van der Waals surface area (Å²) < 4.78 is 5.47. The van der Waals surface area contributed by atoms with Crippen molar-refractivity contribution in [3.8, 4) is 0 Å². The first-order valence-corrected chi connectivity index (χ1v) is 6.75. The quantitative estimate of drug-likeness (QED) is 0.787. The van der Waals surface area contributed by atoms with E-state index in [1.165, 1.54) is 12.8 Å². The van der Waals surface area contributed by atoms with Crippen LogP contribution in [0.2, 0.25) is 0 Å². The smallest absolute Gasteiger partial charge is 0.228 e. The van der Waals surface area contributed by atoms with Gasteiger partial charge in [0.15, 0.2) is 0 Å². The van der Waals surface area contributed by atoms with Crippen LogP contribution >= 0.6 is 0 Å². The molecule has 2 aliphatic rings. The van der Waals surface area contributed by atoms with Crippen LogP contribution in [0.3, 0.4) is 0 Å². The number of hydrogen-bond acceptors (Lipinski definition) is 3. The summed E-state index contributed by atoms with van der Waals surface area (Å²) in [6.07, 6.45) is 5.39. The molecule has 1 aliphatic heterocycles. The summed E-state index contributed by atoms with van der Waals surface area (Å²) in [5, 5.41) is 0. The van der Waals surface area contributed by atoms with E-state index in [-0.39, 0.29) is 30.0 Å². The summed E-state index contributed by atoms with van der Waals surface area (Å²) in [5.74, 6) is 0.256. The number of amides is 1. The van der Waals surface area contributed by atoms with Crippen LogP contribution < -0.4 is 5.73 Å². The lowest BCUT2D eigenvalue weighted by atomic mass is 9.89. The van der Waals surface area contributed by atoms with Crippen molar-refractivity contribution < 1.29 is 9.53 Å². The highest BCUT2D eigenvalue weighted by Gasteiger charge is 2.36. The summed E-state index contributed by atoms with van der Waals surface area (Å²) in [6, 6.07) is 0.374. The number of nitrogens with two attached hydrogens (primary N) is 1. The lowest BCUT2D eigenvalue weighted by Gasteiger charge is -2.37. The molecule has 98 valence electrons. The van der Waals surface area contributed by atoms with Crippen molar-refractivity contribution in [2.75, 3.05) is 13.7 Å². The van der Waals surface area contributed by atoms with Crippen molar-refractivity contribution in [1.29, 1.82) is 0 Å². The van der Waals surface area contributed by atoms with Crippen LogP contribution in [0.1, 0.15) is 39.0 Å². The van der Waals surface area contributed by atoms with Crippen LogP contribution in [0, 0.1) is 5.92 Å². The molecule has 4 heteroatoms. The molecular weight excluding hydrogens is 216 g/mol. The topological polar surface area (TPSA) is 55.6 Å². The third-order valence-electron chi connectivity index (χ3n) is 4.32. The highest BCUT2D eigenvalue weighted by molar-refractivity contribution is 5.79. The molecule has 1 amide bonds. The van der Waals surface area contributed by atoms with E-state index in [9.17, 15) is 4.79 Å². The second kappa shape index (κ2) is 5.36. The third kappa shape index (κ3) is 2.63. The molecule has 1 saturated carbocycles. The molecule has 17 heavy (non-hydrogen) atoms. The summed E-state index contributed by atoms with van der Waals surface area (Å²) in [5.41, 5.74) is 6.13. The Kier molecular flexibility index (Phi) is 4.05. The van der Waals surface area contributed by atoms with E-state index in [0.29, 0.717) is 6.61 Å². The van der Waals surface area contributed by atoms with E-state index in [1.807, 2.05) is 18.9 Å². The fourth-order valence-corrected chi connectivity index (χ4v) is 3.10. The average Bonchev–Trinajstić information content (AvgIpc) is 2.74. The van der Waals surface area contributed by atoms with E-state index in [1.54, 1.807) is 0 Å². The second-order valence-corrected chi connectivity index (χ2v) is 5.44. The molecule has 0 bridgehead atoms. The average molecular weight is 240 g/mol. The molecule has 2 rings (SSSR count). The van der Waals surface area contributed by atoms with Crippen molar-refractivity contribution in [1.82, 2.24) is 4.90 Å². The van der Waals surface area contributed by atoms with Crippen LogP contribution in [0.15, 0.2) is 0 Å². The number of nitrogens with zero attached hydrogens (tertiary/aromatic N) is 1. The molecule has 1 saturated heterocycles. The third-order valence-corrected chi connectivity index (χ3v) is 4.32. The minimum absolute atomic E-state index is 0.0362. The predicted octanol–water partition coefficient (Wildman–Crippen LogP) is 1.14. The van der Waals surface area contributed by atoms with Crippen molar-refractivity contribution in [3.63, 3.8) is 0 Å². The maximum absolute atomic E-state index is 12.4. The Labute approximate surface area is 103 Å². The first-order valence-electron chi connectivity index (χ1n) is 6.75. The van der Waals surface area contributed by atoms with Gasteiger partial charge in [0.2, 0.25) is 5.91 Å². The van der Waals surface area contributed by atoms with Gasteiger partial charge in [-0.1, -0.05) is 12.8 Å². The van der Waals surface area contributed by atoms with Crippen LogP contribution in [-0.4, -0.2) is 42.6 Å². The van der Waals surface area contributed by atoms with Crippen molar-refractivity contribution in [2.45, 2.75) is 57.2 Å². The van der Waals surface area contributed by atoms with Crippen molar-refractivity contribution in [3.05, 3.63) is 0 Å². The zero-order valence-electron chi connectivity index (χ0n) is 10.9. The highest BCUT2D eigenvalue weighted by atomic mass is 16.5. The normalized spacial score (nSPS) is 38.1. The predicted molar refractivity (Wildman–Crippen MR) is 66.5 cm³/mol. The summed E-state index contributed by atoms with van der Waals surface area (Å²) >= 11 is 0. The zero-order valence-corrected chi connectivity index (χ0v) is 10.9. The molecular formula is C13H24N2O2. The molecule has 0 aromatic carbocycles. The number of carbonyl (C=O) groups excluding carboxylic acids is 1. The molecule has 0 spiro atoms. The molecule has 4 nitrogen and oxygen atoms in total. The van der Waals surface area contributed by atoms with E-state index in [4.69, 9.17) is 10.5 Å². The first kappa shape index (κ1) is 12.8. The van der Waals surface area contributed by atoms with Crippen LogP contribution in [0.5, 0.6) is 0 Å². The minimum Gasteiger partial charge on any atom is -0.378 e. The molecule has 2 fully saturated rings. The molecule has 0 radical (unpaired) electrons. The van der Waals surface area contributed by atoms with E-state index in [2.05, 4.69) is 0 Å². The Bertz CT molecular complexity index is 283. The van der Waals surface area contributed by atoms with Crippen molar-refractivity contribution in [2.24, 2.45) is 11.7 Å². The number of rotatable bonds is 2. The van der Waals surface area contributed by atoms with Gasteiger partial charge < -0.3 is 15.4 Å². The van der Waals surface area contributed by atoms with Crippen molar-refractivity contribution >= 4 is 5.91 Å². The molecule has 2 N–H and O–H groups in total. The van der Waals surface area contributed by atoms with Gasteiger partial charge in [-0.05, 0) is 26.2 Å². The maximum atomic E-state index is 12.4. The van der Waals surface area contributed by atoms with Gasteiger partial charge in [-0.3, -0.25) is 4.79 Å². The van der Waals surface area contributed by atoms with Gasteiger partial charge in [-0.25, -0.2) is 0 Å². The zero-order chi connectivity index (χ0) is 12.4. The van der Waals surface area contributed by atoms with E-state index in [0.717, 1.165) is 19.3 Å². The Balaban J connectivity index is 1.98. The highest BCUT2D eigenvalue weighted by Crippen LogP contribution is 2.26. The SMILES string of the molecule is CC1OCCC1C(=O)N(C)C1CCCCC1N. The first-order chi connectivity index (χ1) is 8.11. The summed E-state index contributed by atoms with van der Waals surface area (Å²) in [4.78, 5) is 14.3. The van der Waals surface area contributed by atoms with Gasteiger partial charge in [-0.2, -0.15) is 0 Å². The lowest BCUT2D eigenvalue weighted by Crippen LogP contribution is -2.52. The van der Waals surface area contributed by atoms with Crippen LogP contribution in [0.4, 0.5) is 0 Å². The van der Waals surface area contributed by atoms with Gasteiger partial charge in [-0.15, -0.1) is 0 Å². The van der Waals surface area contributed by atoms with Gasteiger partial charge >= 0.3 is 0 Å². The van der Waals surface area contributed by atoms with Gasteiger partial charge in [0, 0.05) is 25.7 Å². The second-order valence-electron chi connectivity index (χ2n) is 5.44. The number of likely N-dealkylation sites (N-methyl/N-ethyl adjacent to an activating group) is 1. The largest absolute Gasteiger partial charge is 0.378 e. The lowest BCUT2D eigenvalue weighted by molar-refractivity contribution is -0.138. The molecule has 4 unspecified atom stereocenters. The molecule has 0 aromatic rings. The van der Waals surface area contributed by atoms with Gasteiger partial charge in [0.1, 0.15) is 0 Å². The summed E-state index contributed by atoms with van der Waals surface area (Å²) in [6.45, 7) is 2.70. The number of hydrogen-bond donors (Lipinski definition) is 1. The Morgan fingerprint density at radius 1 is 1.29 bits per heavy atom. The monoisotopic (exact) mass is 240 g/mol. The standard InChI is InChI=1S/C13H24N2O2/c1-9-10(7-8-17-9)13(16)15(2)12-6-4-3-5-11(12)14/h9-12H,3-8,14H2,1-2H3. The molecule has 0 aromatic heterocycles. The Morgan fingerprint density at radius 2 is 2.00 bits per heavy atom. The van der Waals surface area contributed by atoms with E-state index < -0.39 is 0 Å². The molecule has 1 aliphatic carbocycles. The van der Waals surface area contributed by atoms with Crippen LogP contribution in [0.25, 0.3) is 0 Å². The minimum atomic E-state index is 0.0362. The van der Waals surface area contributed by atoms with Crippen LogP contribution in [-0.2, 0) is 9.53 Å². The molecule has 4 atom stereocenters. The number of ether oxygens (including phenoxy) is 1. The molecule has 1 heterocycles. The summed E-state index contributed by atoms with van der Waals surface area (Å²) in [7, 11) is 1.91. The Morgan fingerprint density at radius 3 is 2.59 bits per heavy atom. The van der Waals surface area contributed by atoms with E-state index >= 15 is 0 Å². The van der Waals surface area contributed by atoms with Gasteiger partial charge in [0.05, 0.1) is 12.0 Å². The maximum Gasteiger partial charge on any atom is 0.228 e. The fourth-order valence-electron chi connectivity index (χ4n) is 3.10. The van der Waals surface area contributed by atoms with Gasteiger partial charge in [0.25, 0.3) is 0 Å².